The van der Waals surface area contributed by atoms with Crippen LogP contribution in [0.4, 0.5) is 0 Å². The summed E-state index contributed by atoms with van der Waals surface area (Å²) in [5.74, 6) is 0.683. The number of carbonyl (C=O) groups is 1. The van der Waals surface area contributed by atoms with E-state index in [1.807, 2.05) is 18.2 Å². The molecule has 130 valence electrons. The predicted octanol–water partition coefficient (Wildman–Crippen LogP) is 2.13. The second-order valence-electron chi connectivity index (χ2n) is 5.71. The van der Waals surface area contributed by atoms with E-state index in [2.05, 4.69) is 4.90 Å². The Kier molecular flexibility index (Phi) is 8.55. The molecule has 0 amide bonds. The number of benzene rings is 1. The molecule has 0 aliphatic carbocycles. The number of halogens is 1. The SMILES string of the molecule is COC1CCN(CCOc2ccccc2C(C)=O)C(CN)C1.Cl. The largest absolute Gasteiger partial charge is 0.491 e. The van der Waals surface area contributed by atoms with E-state index in [1.54, 1.807) is 20.1 Å². The van der Waals surface area contributed by atoms with Gasteiger partial charge in [0.2, 0.25) is 0 Å². The van der Waals surface area contributed by atoms with Gasteiger partial charge in [-0.2, -0.15) is 0 Å². The molecule has 1 aromatic rings. The number of hydrogen-bond donors (Lipinski definition) is 1. The van der Waals surface area contributed by atoms with Crippen LogP contribution in [0, 0.1) is 0 Å². The van der Waals surface area contributed by atoms with E-state index in [-0.39, 0.29) is 18.2 Å². The Labute approximate surface area is 144 Å². The minimum atomic E-state index is 0. The summed E-state index contributed by atoms with van der Waals surface area (Å²) < 4.78 is 11.2. The molecule has 0 saturated carbocycles. The van der Waals surface area contributed by atoms with Gasteiger partial charge in [-0.15, -0.1) is 12.4 Å². The van der Waals surface area contributed by atoms with Crippen molar-refractivity contribution in [3.8, 4) is 5.75 Å². The third kappa shape index (κ3) is 5.46. The van der Waals surface area contributed by atoms with Crippen molar-refractivity contribution < 1.29 is 14.3 Å². The summed E-state index contributed by atoms with van der Waals surface area (Å²) in [4.78, 5) is 13.9. The first-order chi connectivity index (χ1) is 10.7. The molecule has 2 rings (SSSR count). The fourth-order valence-electron chi connectivity index (χ4n) is 2.97. The first-order valence-corrected chi connectivity index (χ1v) is 7.85. The van der Waals surface area contributed by atoms with E-state index < -0.39 is 0 Å². The zero-order valence-corrected chi connectivity index (χ0v) is 14.7. The van der Waals surface area contributed by atoms with Crippen molar-refractivity contribution in [2.24, 2.45) is 5.73 Å². The molecule has 1 aromatic carbocycles. The van der Waals surface area contributed by atoms with Gasteiger partial charge in [0.25, 0.3) is 0 Å². The number of nitrogens with zero attached hydrogens (tertiary/aromatic N) is 1. The highest BCUT2D eigenvalue weighted by molar-refractivity contribution is 5.96. The van der Waals surface area contributed by atoms with E-state index in [0.717, 1.165) is 25.9 Å². The number of piperidine rings is 1. The van der Waals surface area contributed by atoms with Crippen LogP contribution >= 0.6 is 12.4 Å². The quantitative estimate of drug-likeness (QED) is 0.769. The Morgan fingerprint density at radius 1 is 1.39 bits per heavy atom. The molecule has 2 atom stereocenters. The molecule has 1 fully saturated rings. The van der Waals surface area contributed by atoms with Crippen LogP contribution in [0.3, 0.4) is 0 Å². The van der Waals surface area contributed by atoms with E-state index >= 15 is 0 Å². The number of carbonyl (C=O) groups excluding carboxylic acids is 1. The molecule has 0 bridgehead atoms. The highest BCUT2D eigenvalue weighted by Crippen LogP contribution is 2.20. The summed E-state index contributed by atoms with van der Waals surface area (Å²) in [5, 5.41) is 0. The highest BCUT2D eigenvalue weighted by Gasteiger charge is 2.27. The third-order valence-electron chi connectivity index (χ3n) is 4.30. The molecule has 0 radical (unpaired) electrons. The van der Waals surface area contributed by atoms with Gasteiger partial charge in [-0.3, -0.25) is 9.69 Å². The van der Waals surface area contributed by atoms with Crippen molar-refractivity contribution in [3.63, 3.8) is 0 Å². The van der Waals surface area contributed by atoms with Crippen LogP contribution in [0.2, 0.25) is 0 Å². The standard InChI is InChI=1S/C17H26N2O3.ClH/c1-13(20)16-5-3-4-6-17(16)22-10-9-19-8-7-15(21-2)11-14(19)12-18;/h3-6,14-15H,7-12,18H2,1-2H3;1H. The van der Waals surface area contributed by atoms with E-state index in [4.69, 9.17) is 15.2 Å². The number of hydrogen-bond acceptors (Lipinski definition) is 5. The average molecular weight is 343 g/mol. The van der Waals surface area contributed by atoms with Gasteiger partial charge in [0.15, 0.2) is 5.78 Å². The maximum Gasteiger partial charge on any atom is 0.163 e. The lowest BCUT2D eigenvalue weighted by molar-refractivity contribution is 0.00919. The van der Waals surface area contributed by atoms with Crippen molar-refractivity contribution in [3.05, 3.63) is 29.8 Å². The number of methoxy groups -OCH3 is 1. The Hall–Kier alpha value is -1.14. The summed E-state index contributed by atoms with van der Waals surface area (Å²) in [6.45, 7) is 4.52. The van der Waals surface area contributed by atoms with Crippen LogP contribution < -0.4 is 10.5 Å². The fourth-order valence-corrected chi connectivity index (χ4v) is 2.97. The minimum absolute atomic E-state index is 0. The second kappa shape index (κ2) is 9.88. The summed E-state index contributed by atoms with van der Waals surface area (Å²) in [7, 11) is 1.76. The molecule has 6 heteroatoms. The molecular formula is C17H27ClN2O3. The number of nitrogens with two attached hydrogens (primary N) is 1. The molecule has 5 nitrogen and oxygen atoms in total. The molecule has 1 heterocycles. The maximum atomic E-state index is 11.6. The summed E-state index contributed by atoms with van der Waals surface area (Å²) in [6.07, 6.45) is 2.30. The molecule has 2 N–H and O–H groups in total. The molecule has 23 heavy (non-hydrogen) atoms. The smallest absolute Gasteiger partial charge is 0.163 e. The Morgan fingerprint density at radius 2 is 2.13 bits per heavy atom. The zero-order chi connectivity index (χ0) is 15.9. The predicted molar refractivity (Wildman–Crippen MR) is 93.6 cm³/mol. The first kappa shape index (κ1) is 19.9. The van der Waals surface area contributed by atoms with Gasteiger partial charge in [-0.1, -0.05) is 12.1 Å². The monoisotopic (exact) mass is 342 g/mol. The third-order valence-corrected chi connectivity index (χ3v) is 4.30. The minimum Gasteiger partial charge on any atom is -0.491 e. The lowest BCUT2D eigenvalue weighted by atomic mass is 9.99. The van der Waals surface area contributed by atoms with Crippen LogP contribution in [0.1, 0.15) is 30.1 Å². The normalized spacial score (nSPS) is 21.5. The van der Waals surface area contributed by atoms with Crippen LogP contribution in [0.15, 0.2) is 24.3 Å². The van der Waals surface area contributed by atoms with E-state index in [9.17, 15) is 4.79 Å². The van der Waals surface area contributed by atoms with E-state index in [1.165, 1.54) is 0 Å². The second-order valence-corrected chi connectivity index (χ2v) is 5.71. The molecule has 1 aliphatic rings. The molecule has 0 spiro atoms. The van der Waals surface area contributed by atoms with Gasteiger partial charge in [-0.05, 0) is 31.9 Å². The van der Waals surface area contributed by atoms with Gasteiger partial charge in [-0.25, -0.2) is 0 Å². The molecule has 2 unspecified atom stereocenters. The molecule has 1 saturated heterocycles. The molecular weight excluding hydrogens is 316 g/mol. The van der Waals surface area contributed by atoms with Gasteiger partial charge >= 0.3 is 0 Å². The highest BCUT2D eigenvalue weighted by atomic mass is 35.5. The average Bonchev–Trinajstić information content (AvgIpc) is 2.55. The fraction of sp³-hybridized carbons (Fsp3) is 0.588. The van der Waals surface area contributed by atoms with Crippen LogP contribution in [-0.4, -0.2) is 56.2 Å². The van der Waals surface area contributed by atoms with Gasteiger partial charge in [0.1, 0.15) is 12.4 Å². The summed E-state index contributed by atoms with van der Waals surface area (Å²) in [5.41, 5.74) is 6.51. The Balaban J connectivity index is 0.00000264. The topological polar surface area (TPSA) is 64.8 Å². The summed E-state index contributed by atoms with van der Waals surface area (Å²) >= 11 is 0. The zero-order valence-electron chi connectivity index (χ0n) is 13.9. The number of rotatable bonds is 7. The maximum absolute atomic E-state index is 11.6. The first-order valence-electron chi connectivity index (χ1n) is 7.85. The van der Waals surface area contributed by atoms with Gasteiger partial charge in [0.05, 0.1) is 11.7 Å². The number of likely N-dealkylation sites (tertiary alicyclic amines) is 1. The van der Waals surface area contributed by atoms with Crippen LogP contribution in [0.25, 0.3) is 0 Å². The summed E-state index contributed by atoms with van der Waals surface area (Å²) in [6, 6.07) is 7.71. The van der Waals surface area contributed by atoms with Crippen molar-refractivity contribution in [1.82, 2.24) is 4.90 Å². The molecule has 1 aliphatic heterocycles. The van der Waals surface area contributed by atoms with Crippen molar-refractivity contribution in [2.75, 3.05) is 33.4 Å². The van der Waals surface area contributed by atoms with E-state index in [0.29, 0.717) is 36.6 Å². The Morgan fingerprint density at radius 3 is 2.78 bits per heavy atom. The van der Waals surface area contributed by atoms with Crippen molar-refractivity contribution >= 4 is 18.2 Å². The van der Waals surface area contributed by atoms with Crippen LogP contribution in [0.5, 0.6) is 5.75 Å². The van der Waals surface area contributed by atoms with Crippen molar-refractivity contribution in [1.29, 1.82) is 0 Å². The van der Waals surface area contributed by atoms with Gasteiger partial charge < -0.3 is 15.2 Å². The Bertz CT molecular complexity index is 498. The number of ether oxygens (including phenoxy) is 2. The number of para-hydroxylation sites is 1. The number of ketones is 1. The molecule has 0 aromatic heterocycles. The lowest BCUT2D eigenvalue weighted by Gasteiger charge is -2.38. The number of Topliss-reactive ketones (excluding diaryl/α,β-unsaturated/α-hetero) is 1. The van der Waals surface area contributed by atoms with Crippen molar-refractivity contribution in [2.45, 2.75) is 31.9 Å². The van der Waals surface area contributed by atoms with Gasteiger partial charge in [0, 0.05) is 32.8 Å². The van der Waals surface area contributed by atoms with Crippen LogP contribution in [-0.2, 0) is 4.74 Å². The lowest BCUT2D eigenvalue weighted by Crippen LogP contribution is -2.49.